The summed E-state index contributed by atoms with van der Waals surface area (Å²) >= 11 is 0. The summed E-state index contributed by atoms with van der Waals surface area (Å²) in [5, 5.41) is 0. The van der Waals surface area contributed by atoms with Gasteiger partial charge in [0.15, 0.2) is 0 Å². The fourth-order valence-electron chi connectivity index (χ4n) is 2.55. The van der Waals surface area contributed by atoms with Gasteiger partial charge in [0.25, 0.3) is 11.5 Å². The Hall–Kier alpha value is -2.37. The van der Waals surface area contributed by atoms with E-state index in [-0.39, 0.29) is 22.9 Å². The van der Waals surface area contributed by atoms with Crippen LogP contribution in [-0.2, 0) is 13.0 Å². The van der Waals surface area contributed by atoms with Gasteiger partial charge in [-0.25, -0.2) is 4.98 Å². The molecule has 0 bridgehead atoms. The van der Waals surface area contributed by atoms with E-state index >= 15 is 0 Å². The van der Waals surface area contributed by atoms with Crippen molar-refractivity contribution >= 4 is 5.91 Å². The summed E-state index contributed by atoms with van der Waals surface area (Å²) in [6.45, 7) is 5.05. The van der Waals surface area contributed by atoms with E-state index in [1.54, 1.807) is 17.3 Å². The average molecular weight is 286 g/mol. The molecule has 1 aliphatic rings. The number of nitrogens with zero attached hydrogens (tertiary/aromatic N) is 2. The molecule has 2 aromatic heterocycles. The van der Waals surface area contributed by atoms with Crippen LogP contribution in [0.25, 0.3) is 0 Å². The molecule has 0 saturated carbocycles. The van der Waals surface area contributed by atoms with Gasteiger partial charge in [-0.05, 0) is 18.1 Å². The van der Waals surface area contributed by atoms with E-state index in [4.69, 9.17) is 0 Å². The summed E-state index contributed by atoms with van der Waals surface area (Å²) in [4.78, 5) is 36.3. The molecule has 110 valence electrons. The SMILES string of the molecule is CC(C)c1ccc(C(=O)N2CCc3nc[nH]c3C2)c(=O)[nH]1. The summed E-state index contributed by atoms with van der Waals surface area (Å²) < 4.78 is 0. The van der Waals surface area contributed by atoms with E-state index in [9.17, 15) is 9.59 Å². The quantitative estimate of drug-likeness (QED) is 0.876. The molecule has 3 rings (SSSR count). The third-order valence-electron chi connectivity index (χ3n) is 3.85. The number of aromatic nitrogens is 3. The first kappa shape index (κ1) is 13.6. The maximum atomic E-state index is 12.5. The van der Waals surface area contributed by atoms with Gasteiger partial charge in [0.2, 0.25) is 0 Å². The Labute approximate surface area is 122 Å². The van der Waals surface area contributed by atoms with Gasteiger partial charge in [-0.3, -0.25) is 9.59 Å². The van der Waals surface area contributed by atoms with Gasteiger partial charge >= 0.3 is 0 Å². The highest BCUT2D eigenvalue weighted by molar-refractivity contribution is 5.93. The van der Waals surface area contributed by atoms with Crippen LogP contribution in [0.5, 0.6) is 0 Å². The standard InChI is InChI=1S/C15H18N4O2/c1-9(2)11-4-3-10(14(20)18-11)15(21)19-6-5-12-13(7-19)17-8-16-12/h3-4,8-9H,5-7H2,1-2H3,(H,16,17)(H,18,20). The minimum absolute atomic E-state index is 0.197. The van der Waals surface area contributed by atoms with Crippen molar-refractivity contribution in [2.45, 2.75) is 32.7 Å². The van der Waals surface area contributed by atoms with Crippen LogP contribution in [0.15, 0.2) is 23.3 Å². The molecule has 0 spiro atoms. The average Bonchev–Trinajstić information content (AvgIpc) is 2.93. The minimum Gasteiger partial charge on any atom is -0.347 e. The first-order chi connectivity index (χ1) is 10.1. The van der Waals surface area contributed by atoms with Gasteiger partial charge in [-0.2, -0.15) is 0 Å². The molecular formula is C15H18N4O2. The molecular weight excluding hydrogens is 268 g/mol. The number of pyridine rings is 1. The Balaban J connectivity index is 1.85. The normalized spacial score (nSPS) is 14.3. The summed E-state index contributed by atoms with van der Waals surface area (Å²) in [5.41, 5.74) is 2.67. The second kappa shape index (κ2) is 5.20. The van der Waals surface area contributed by atoms with E-state index in [1.807, 2.05) is 19.9 Å². The molecule has 0 atom stereocenters. The second-order valence-electron chi connectivity index (χ2n) is 5.62. The van der Waals surface area contributed by atoms with Crippen molar-refractivity contribution in [2.75, 3.05) is 6.54 Å². The van der Waals surface area contributed by atoms with Gasteiger partial charge in [0, 0.05) is 18.7 Å². The largest absolute Gasteiger partial charge is 0.347 e. The zero-order chi connectivity index (χ0) is 15.0. The number of H-pyrrole nitrogens is 2. The molecule has 1 amide bonds. The Kier molecular flexibility index (Phi) is 3.37. The summed E-state index contributed by atoms with van der Waals surface area (Å²) in [5.74, 6) is -0.00352. The van der Waals surface area contributed by atoms with Crippen LogP contribution in [0.4, 0.5) is 0 Å². The highest BCUT2D eigenvalue weighted by atomic mass is 16.2. The van der Waals surface area contributed by atoms with E-state index in [2.05, 4.69) is 15.0 Å². The number of hydrogen-bond donors (Lipinski definition) is 2. The molecule has 3 heterocycles. The first-order valence-corrected chi connectivity index (χ1v) is 7.10. The molecule has 21 heavy (non-hydrogen) atoms. The number of aromatic amines is 2. The number of imidazole rings is 1. The third kappa shape index (κ3) is 2.49. The molecule has 0 aromatic carbocycles. The number of carbonyl (C=O) groups excluding carboxylic acids is 1. The summed E-state index contributed by atoms with van der Waals surface area (Å²) in [6, 6.07) is 3.43. The van der Waals surface area contributed by atoms with Crippen LogP contribution >= 0.6 is 0 Å². The predicted octanol–water partition coefficient (Wildman–Crippen LogP) is 1.42. The lowest BCUT2D eigenvalue weighted by Gasteiger charge is -2.26. The Morgan fingerprint density at radius 3 is 2.90 bits per heavy atom. The monoisotopic (exact) mass is 286 g/mol. The fourth-order valence-corrected chi connectivity index (χ4v) is 2.55. The Morgan fingerprint density at radius 2 is 2.19 bits per heavy atom. The van der Waals surface area contributed by atoms with Crippen molar-refractivity contribution < 1.29 is 4.79 Å². The maximum Gasteiger partial charge on any atom is 0.261 e. The molecule has 0 aliphatic carbocycles. The Bertz CT molecular complexity index is 729. The lowest BCUT2D eigenvalue weighted by molar-refractivity contribution is 0.0730. The lowest BCUT2D eigenvalue weighted by Crippen LogP contribution is -2.38. The number of hydrogen-bond acceptors (Lipinski definition) is 3. The van der Waals surface area contributed by atoms with Crippen LogP contribution in [0.2, 0.25) is 0 Å². The maximum absolute atomic E-state index is 12.5. The predicted molar refractivity (Wildman–Crippen MR) is 78.2 cm³/mol. The number of nitrogens with one attached hydrogen (secondary N) is 2. The molecule has 6 heteroatoms. The van der Waals surface area contributed by atoms with Gasteiger partial charge in [-0.1, -0.05) is 13.8 Å². The molecule has 0 fully saturated rings. The van der Waals surface area contributed by atoms with E-state index in [0.717, 1.165) is 17.1 Å². The molecule has 0 unspecified atom stereocenters. The highest BCUT2D eigenvalue weighted by Gasteiger charge is 2.25. The fraction of sp³-hybridized carbons (Fsp3) is 0.400. The topological polar surface area (TPSA) is 81.8 Å². The highest BCUT2D eigenvalue weighted by Crippen LogP contribution is 2.17. The lowest BCUT2D eigenvalue weighted by atomic mass is 10.1. The zero-order valence-corrected chi connectivity index (χ0v) is 12.1. The van der Waals surface area contributed by atoms with Crippen LogP contribution in [0.1, 0.15) is 47.2 Å². The van der Waals surface area contributed by atoms with Crippen molar-refractivity contribution in [3.63, 3.8) is 0 Å². The molecule has 6 nitrogen and oxygen atoms in total. The summed E-state index contributed by atoms with van der Waals surface area (Å²) in [7, 11) is 0. The van der Waals surface area contributed by atoms with Crippen LogP contribution < -0.4 is 5.56 Å². The molecule has 1 aliphatic heterocycles. The number of fused-ring (bicyclic) bond motifs is 1. The molecule has 2 N–H and O–H groups in total. The molecule has 0 saturated heterocycles. The van der Waals surface area contributed by atoms with Crippen LogP contribution in [0.3, 0.4) is 0 Å². The van der Waals surface area contributed by atoms with Crippen molar-refractivity contribution in [2.24, 2.45) is 0 Å². The smallest absolute Gasteiger partial charge is 0.261 e. The van der Waals surface area contributed by atoms with Crippen LogP contribution in [0, 0.1) is 0 Å². The van der Waals surface area contributed by atoms with Gasteiger partial charge in [0.05, 0.1) is 24.3 Å². The van der Waals surface area contributed by atoms with Gasteiger partial charge < -0.3 is 14.9 Å². The van der Waals surface area contributed by atoms with Crippen molar-refractivity contribution in [3.05, 3.63) is 51.5 Å². The number of amides is 1. The van der Waals surface area contributed by atoms with Gasteiger partial charge in [0.1, 0.15) is 5.56 Å². The van der Waals surface area contributed by atoms with Crippen molar-refractivity contribution in [1.82, 2.24) is 19.9 Å². The number of rotatable bonds is 2. The van der Waals surface area contributed by atoms with Crippen molar-refractivity contribution in [1.29, 1.82) is 0 Å². The second-order valence-corrected chi connectivity index (χ2v) is 5.62. The zero-order valence-electron chi connectivity index (χ0n) is 12.1. The molecule has 2 aromatic rings. The number of carbonyl (C=O) groups is 1. The van der Waals surface area contributed by atoms with Crippen LogP contribution in [-0.4, -0.2) is 32.3 Å². The Morgan fingerprint density at radius 1 is 1.38 bits per heavy atom. The minimum atomic E-state index is -0.318. The van der Waals surface area contributed by atoms with E-state index in [0.29, 0.717) is 19.5 Å². The van der Waals surface area contributed by atoms with Crippen molar-refractivity contribution in [3.8, 4) is 0 Å². The van der Waals surface area contributed by atoms with E-state index in [1.165, 1.54) is 0 Å². The van der Waals surface area contributed by atoms with Gasteiger partial charge in [-0.15, -0.1) is 0 Å². The summed E-state index contributed by atoms with van der Waals surface area (Å²) in [6.07, 6.45) is 2.36. The third-order valence-corrected chi connectivity index (χ3v) is 3.85. The molecule has 0 radical (unpaired) electrons. The first-order valence-electron chi connectivity index (χ1n) is 7.10. The van der Waals surface area contributed by atoms with E-state index < -0.39 is 0 Å².